The Morgan fingerprint density at radius 1 is 1.08 bits per heavy atom. The minimum absolute atomic E-state index is 0.108. The molecule has 1 atom stereocenters. The number of sulfonamides is 1. The molecule has 0 spiro atoms. The molecule has 0 aliphatic carbocycles. The van der Waals surface area contributed by atoms with Gasteiger partial charge in [0.15, 0.2) is 0 Å². The summed E-state index contributed by atoms with van der Waals surface area (Å²) in [5.74, 6) is 0.166. The molecule has 2 aromatic rings. The average molecular weight is 376 g/mol. The van der Waals surface area contributed by atoms with E-state index < -0.39 is 22.0 Å². The predicted molar refractivity (Wildman–Crippen MR) is 101 cm³/mol. The summed E-state index contributed by atoms with van der Waals surface area (Å²) in [6.07, 6.45) is 0. The molecule has 2 N–H and O–H groups in total. The average Bonchev–Trinajstić information content (AvgIpc) is 2.59. The van der Waals surface area contributed by atoms with E-state index in [-0.39, 0.29) is 10.9 Å². The fourth-order valence-electron chi connectivity index (χ4n) is 2.56. The number of carbonyl (C=O) groups excluding carboxylic acids is 1. The lowest BCUT2D eigenvalue weighted by Gasteiger charge is -2.21. The zero-order valence-corrected chi connectivity index (χ0v) is 16.1. The van der Waals surface area contributed by atoms with Crippen molar-refractivity contribution in [3.8, 4) is 5.75 Å². The number of benzene rings is 2. The molecule has 140 valence electrons. The van der Waals surface area contributed by atoms with E-state index >= 15 is 0 Å². The van der Waals surface area contributed by atoms with Gasteiger partial charge in [0.25, 0.3) is 0 Å². The second kappa shape index (κ2) is 8.33. The Bertz CT molecular complexity index is 864. The van der Waals surface area contributed by atoms with Gasteiger partial charge in [0.05, 0.1) is 12.0 Å². The van der Waals surface area contributed by atoms with Gasteiger partial charge in [-0.3, -0.25) is 4.79 Å². The van der Waals surface area contributed by atoms with E-state index in [9.17, 15) is 13.2 Å². The molecule has 0 fully saturated rings. The monoisotopic (exact) mass is 376 g/mol. The minimum Gasteiger partial charge on any atom is -0.497 e. The Labute approximate surface area is 154 Å². The van der Waals surface area contributed by atoms with Crippen LogP contribution in [0.3, 0.4) is 0 Å². The molecule has 0 bridgehead atoms. The summed E-state index contributed by atoms with van der Waals surface area (Å²) >= 11 is 0. The van der Waals surface area contributed by atoms with Gasteiger partial charge in [-0.15, -0.1) is 0 Å². The molecular weight excluding hydrogens is 352 g/mol. The molecule has 6 nitrogen and oxygen atoms in total. The van der Waals surface area contributed by atoms with Crippen LogP contribution in [-0.2, 0) is 14.8 Å². The van der Waals surface area contributed by atoms with Crippen LogP contribution in [-0.4, -0.2) is 27.5 Å². The summed E-state index contributed by atoms with van der Waals surface area (Å²) < 4.78 is 33.4. The fraction of sp³-hybridized carbons (Fsp3) is 0.316. The first-order valence-corrected chi connectivity index (χ1v) is 9.75. The molecule has 0 aromatic heterocycles. The fourth-order valence-corrected chi connectivity index (χ4v) is 3.97. The predicted octanol–water partition coefficient (Wildman–Crippen LogP) is 2.55. The van der Waals surface area contributed by atoms with Crippen molar-refractivity contribution in [2.24, 2.45) is 0 Å². The van der Waals surface area contributed by atoms with Crippen molar-refractivity contribution in [1.29, 1.82) is 0 Å². The molecule has 0 heterocycles. The summed E-state index contributed by atoms with van der Waals surface area (Å²) in [6, 6.07) is 12.3. The van der Waals surface area contributed by atoms with Crippen molar-refractivity contribution in [2.75, 3.05) is 7.11 Å². The topological polar surface area (TPSA) is 84.5 Å². The van der Waals surface area contributed by atoms with Gasteiger partial charge in [-0.25, -0.2) is 8.42 Å². The van der Waals surface area contributed by atoms with Crippen molar-refractivity contribution < 1.29 is 17.9 Å². The number of amides is 1. The first-order chi connectivity index (χ1) is 12.2. The minimum atomic E-state index is -3.91. The SMILES string of the molecule is COc1ccc(S(=O)(=O)N[C@H](C(=O)NC(C)C)c2ccccc2)c(C)c1. The number of ether oxygens (including phenoxy) is 1. The van der Waals surface area contributed by atoms with Crippen LogP contribution in [0.1, 0.15) is 31.0 Å². The van der Waals surface area contributed by atoms with E-state index in [1.807, 2.05) is 19.9 Å². The maximum Gasteiger partial charge on any atom is 0.242 e. The number of rotatable bonds is 7. The highest BCUT2D eigenvalue weighted by Gasteiger charge is 2.28. The highest BCUT2D eigenvalue weighted by molar-refractivity contribution is 7.89. The molecular formula is C19H24N2O4S. The Hall–Kier alpha value is -2.38. The first-order valence-electron chi connectivity index (χ1n) is 8.27. The van der Waals surface area contributed by atoms with Crippen LogP contribution in [0.2, 0.25) is 0 Å². The summed E-state index contributed by atoms with van der Waals surface area (Å²) in [6.45, 7) is 5.33. The summed E-state index contributed by atoms with van der Waals surface area (Å²) in [7, 11) is -2.39. The van der Waals surface area contributed by atoms with Crippen molar-refractivity contribution in [3.63, 3.8) is 0 Å². The molecule has 1 amide bonds. The standard InChI is InChI=1S/C19H24N2O4S/c1-13(2)20-19(22)18(15-8-6-5-7-9-15)21-26(23,24)17-11-10-16(25-4)12-14(17)3/h5-13,18,21H,1-4H3,(H,20,22)/t18-/m0/s1. The normalized spacial score (nSPS) is 12.7. The Kier molecular flexibility index (Phi) is 6.39. The second-order valence-electron chi connectivity index (χ2n) is 6.26. The highest BCUT2D eigenvalue weighted by Crippen LogP contribution is 2.23. The van der Waals surface area contributed by atoms with E-state index in [4.69, 9.17) is 4.74 Å². The van der Waals surface area contributed by atoms with Crippen LogP contribution in [0.25, 0.3) is 0 Å². The van der Waals surface area contributed by atoms with Gasteiger partial charge < -0.3 is 10.1 Å². The van der Waals surface area contributed by atoms with Crippen LogP contribution < -0.4 is 14.8 Å². The van der Waals surface area contributed by atoms with Crippen LogP contribution in [0.4, 0.5) is 0 Å². The number of hydrogen-bond donors (Lipinski definition) is 2. The van der Waals surface area contributed by atoms with Crippen LogP contribution in [0.5, 0.6) is 5.75 Å². The van der Waals surface area contributed by atoms with Gasteiger partial charge >= 0.3 is 0 Å². The van der Waals surface area contributed by atoms with E-state index in [2.05, 4.69) is 10.0 Å². The third-order valence-electron chi connectivity index (χ3n) is 3.77. The Morgan fingerprint density at radius 2 is 1.73 bits per heavy atom. The van der Waals surface area contributed by atoms with Gasteiger partial charge in [0, 0.05) is 6.04 Å². The second-order valence-corrected chi connectivity index (χ2v) is 7.94. The van der Waals surface area contributed by atoms with E-state index in [0.717, 1.165) is 0 Å². The molecule has 0 saturated heterocycles. The quantitative estimate of drug-likeness (QED) is 0.778. The van der Waals surface area contributed by atoms with Crippen LogP contribution in [0.15, 0.2) is 53.4 Å². The lowest BCUT2D eigenvalue weighted by molar-refractivity contribution is -0.123. The van der Waals surface area contributed by atoms with Gasteiger partial charge in [0.1, 0.15) is 11.8 Å². The van der Waals surface area contributed by atoms with Gasteiger partial charge in [0.2, 0.25) is 15.9 Å². The summed E-state index contributed by atoms with van der Waals surface area (Å²) in [5, 5.41) is 2.76. The van der Waals surface area contributed by atoms with Crippen molar-refractivity contribution in [2.45, 2.75) is 37.8 Å². The maximum atomic E-state index is 12.9. The first kappa shape index (κ1) is 19.9. The lowest BCUT2D eigenvalue weighted by Crippen LogP contribution is -2.42. The van der Waals surface area contributed by atoms with Gasteiger partial charge in [-0.2, -0.15) is 4.72 Å². The third kappa shape index (κ3) is 4.83. The number of methoxy groups -OCH3 is 1. The third-order valence-corrected chi connectivity index (χ3v) is 5.35. The molecule has 0 unspecified atom stereocenters. The number of nitrogens with one attached hydrogen (secondary N) is 2. The smallest absolute Gasteiger partial charge is 0.242 e. The van der Waals surface area contributed by atoms with Crippen LogP contribution in [0, 0.1) is 6.92 Å². The van der Waals surface area contributed by atoms with Crippen molar-refractivity contribution in [1.82, 2.24) is 10.0 Å². The van der Waals surface area contributed by atoms with E-state index in [1.54, 1.807) is 43.3 Å². The van der Waals surface area contributed by atoms with E-state index in [0.29, 0.717) is 16.9 Å². The molecule has 0 saturated carbocycles. The molecule has 26 heavy (non-hydrogen) atoms. The van der Waals surface area contributed by atoms with Gasteiger partial charge in [-0.05, 0) is 50.1 Å². The molecule has 0 aliphatic heterocycles. The zero-order chi connectivity index (χ0) is 19.3. The molecule has 0 radical (unpaired) electrons. The summed E-state index contributed by atoms with van der Waals surface area (Å²) in [4.78, 5) is 12.7. The number of aryl methyl sites for hydroxylation is 1. The van der Waals surface area contributed by atoms with Crippen molar-refractivity contribution >= 4 is 15.9 Å². The molecule has 7 heteroatoms. The molecule has 2 rings (SSSR count). The van der Waals surface area contributed by atoms with Crippen molar-refractivity contribution in [3.05, 3.63) is 59.7 Å². The Balaban J connectivity index is 2.39. The Morgan fingerprint density at radius 3 is 2.27 bits per heavy atom. The molecule has 0 aliphatic rings. The van der Waals surface area contributed by atoms with Crippen LogP contribution >= 0.6 is 0 Å². The maximum absolute atomic E-state index is 12.9. The number of hydrogen-bond acceptors (Lipinski definition) is 4. The zero-order valence-electron chi connectivity index (χ0n) is 15.3. The molecule has 2 aromatic carbocycles. The summed E-state index contributed by atoms with van der Waals surface area (Å²) in [5.41, 5.74) is 1.10. The van der Waals surface area contributed by atoms with E-state index in [1.165, 1.54) is 13.2 Å². The van der Waals surface area contributed by atoms with Gasteiger partial charge in [-0.1, -0.05) is 30.3 Å². The largest absolute Gasteiger partial charge is 0.497 e. The lowest BCUT2D eigenvalue weighted by atomic mass is 10.1. The number of carbonyl (C=O) groups is 1. The highest BCUT2D eigenvalue weighted by atomic mass is 32.2.